The molecule has 0 aliphatic heterocycles. The smallest absolute Gasteiger partial charge is 0.200 e. The van der Waals surface area contributed by atoms with Crippen LogP contribution in [-0.2, 0) is 0 Å². The molecule has 2 rings (SSSR count). The fourth-order valence-corrected chi connectivity index (χ4v) is 2.42. The largest absolute Gasteiger partial charge is 0.502 e. The van der Waals surface area contributed by atoms with Crippen LogP contribution in [0.25, 0.3) is 0 Å². The molecule has 0 saturated heterocycles. The number of phenols is 1. The standard InChI is InChI=1S/C18H21N3O3S/c1-11-5-6-14(12(2)7-11)20-18(25)21-19-10-13-8-15(23-3)17(22)16(9-13)24-4/h5-10,22H,1-4H3,(H2,20,21,25)/b19-10+. The maximum atomic E-state index is 9.90. The Morgan fingerprint density at radius 1 is 1.12 bits per heavy atom. The number of thiocarbonyl (C=S) groups is 1. The summed E-state index contributed by atoms with van der Waals surface area (Å²) in [5.74, 6) is 0.552. The molecule has 6 nitrogen and oxygen atoms in total. The van der Waals surface area contributed by atoms with E-state index in [2.05, 4.69) is 21.9 Å². The zero-order valence-electron chi connectivity index (χ0n) is 14.6. The van der Waals surface area contributed by atoms with Gasteiger partial charge in [-0.05, 0) is 49.8 Å². The van der Waals surface area contributed by atoms with Crippen molar-refractivity contribution < 1.29 is 14.6 Å². The van der Waals surface area contributed by atoms with Crippen molar-refractivity contribution in [3.8, 4) is 17.2 Å². The lowest BCUT2D eigenvalue weighted by Gasteiger charge is -2.11. The predicted molar refractivity (Wildman–Crippen MR) is 104 cm³/mol. The second kappa shape index (κ2) is 8.34. The summed E-state index contributed by atoms with van der Waals surface area (Å²) in [5, 5.41) is 17.5. The van der Waals surface area contributed by atoms with E-state index in [0.29, 0.717) is 22.2 Å². The summed E-state index contributed by atoms with van der Waals surface area (Å²) in [6.45, 7) is 4.05. The molecule has 0 aliphatic rings. The number of hydrogen-bond donors (Lipinski definition) is 3. The van der Waals surface area contributed by atoms with Gasteiger partial charge >= 0.3 is 0 Å². The molecule has 0 spiro atoms. The monoisotopic (exact) mass is 359 g/mol. The molecule has 0 saturated carbocycles. The third-order valence-corrected chi connectivity index (χ3v) is 3.71. The minimum absolute atomic E-state index is 0.0536. The molecule has 0 aromatic heterocycles. The number of aryl methyl sites for hydroxylation is 2. The van der Waals surface area contributed by atoms with Gasteiger partial charge in [0.1, 0.15) is 0 Å². The average molecular weight is 359 g/mol. The zero-order valence-corrected chi connectivity index (χ0v) is 15.4. The molecular formula is C18H21N3O3S. The van der Waals surface area contributed by atoms with Crippen LogP contribution < -0.4 is 20.2 Å². The van der Waals surface area contributed by atoms with Gasteiger partial charge in [0, 0.05) is 11.3 Å². The Kier molecular flexibility index (Phi) is 6.19. The van der Waals surface area contributed by atoms with Crippen molar-refractivity contribution in [2.75, 3.05) is 19.5 Å². The number of rotatable bonds is 5. The molecule has 0 heterocycles. The highest BCUT2D eigenvalue weighted by Crippen LogP contribution is 2.36. The number of anilines is 1. The van der Waals surface area contributed by atoms with Gasteiger partial charge in [-0.2, -0.15) is 5.10 Å². The first kappa shape index (κ1) is 18.5. The van der Waals surface area contributed by atoms with Crippen molar-refractivity contribution in [3.05, 3.63) is 47.0 Å². The van der Waals surface area contributed by atoms with Crippen molar-refractivity contribution in [2.24, 2.45) is 5.10 Å². The average Bonchev–Trinajstić information content (AvgIpc) is 2.58. The van der Waals surface area contributed by atoms with Crippen LogP contribution >= 0.6 is 12.2 Å². The summed E-state index contributed by atoms with van der Waals surface area (Å²) >= 11 is 5.24. The van der Waals surface area contributed by atoms with Gasteiger partial charge in [0.25, 0.3) is 0 Å². The maximum absolute atomic E-state index is 9.90. The highest BCUT2D eigenvalue weighted by Gasteiger charge is 2.10. The highest BCUT2D eigenvalue weighted by atomic mass is 32.1. The fraction of sp³-hybridized carbons (Fsp3) is 0.222. The molecule has 0 fully saturated rings. The lowest BCUT2D eigenvalue weighted by Crippen LogP contribution is -2.24. The van der Waals surface area contributed by atoms with Crippen LogP contribution in [0.15, 0.2) is 35.4 Å². The van der Waals surface area contributed by atoms with Gasteiger partial charge in [-0.15, -0.1) is 0 Å². The first-order valence-corrected chi connectivity index (χ1v) is 7.97. The van der Waals surface area contributed by atoms with Crippen LogP contribution in [0.1, 0.15) is 16.7 Å². The number of ether oxygens (including phenoxy) is 2. The summed E-state index contributed by atoms with van der Waals surface area (Å²) in [6.07, 6.45) is 1.56. The Bertz CT molecular complexity index is 781. The molecule has 0 radical (unpaired) electrons. The van der Waals surface area contributed by atoms with E-state index >= 15 is 0 Å². The Hall–Kier alpha value is -2.80. The second-order valence-electron chi connectivity index (χ2n) is 5.42. The maximum Gasteiger partial charge on any atom is 0.200 e. The second-order valence-corrected chi connectivity index (χ2v) is 5.82. The molecule has 0 aliphatic carbocycles. The lowest BCUT2D eigenvalue weighted by molar-refractivity contribution is 0.340. The third kappa shape index (κ3) is 4.84. The molecule has 0 atom stereocenters. The van der Waals surface area contributed by atoms with Crippen LogP contribution in [0.5, 0.6) is 17.2 Å². The first-order valence-electron chi connectivity index (χ1n) is 7.57. The van der Waals surface area contributed by atoms with Gasteiger partial charge in [-0.25, -0.2) is 0 Å². The summed E-state index contributed by atoms with van der Waals surface area (Å²) in [6, 6.07) is 9.34. The van der Waals surface area contributed by atoms with Crippen LogP contribution in [0, 0.1) is 13.8 Å². The van der Waals surface area contributed by atoms with E-state index in [4.69, 9.17) is 21.7 Å². The molecule has 0 unspecified atom stereocenters. The van der Waals surface area contributed by atoms with E-state index in [1.54, 1.807) is 18.3 Å². The van der Waals surface area contributed by atoms with E-state index in [9.17, 15) is 5.11 Å². The van der Waals surface area contributed by atoms with Crippen molar-refractivity contribution in [3.63, 3.8) is 0 Å². The van der Waals surface area contributed by atoms with E-state index < -0.39 is 0 Å². The minimum Gasteiger partial charge on any atom is -0.502 e. The first-order chi connectivity index (χ1) is 11.9. The fourth-order valence-electron chi connectivity index (χ4n) is 2.26. The van der Waals surface area contributed by atoms with Crippen molar-refractivity contribution in [1.29, 1.82) is 0 Å². The minimum atomic E-state index is -0.0536. The number of nitrogens with zero attached hydrogens (tertiary/aromatic N) is 1. The van der Waals surface area contributed by atoms with Gasteiger partial charge in [-0.3, -0.25) is 5.43 Å². The highest BCUT2D eigenvalue weighted by molar-refractivity contribution is 7.80. The number of aromatic hydroxyl groups is 1. The van der Waals surface area contributed by atoms with Crippen molar-refractivity contribution in [1.82, 2.24) is 5.43 Å². The van der Waals surface area contributed by atoms with E-state index in [-0.39, 0.29) is 5.75 Å². The van der Waals surface area contributed by atoms with Gasteiger partial charge in [0.15, 0.2) is 16.6 Å². The van der Waals surface area contributed by atoms with E-state index in [0.717, 1.165) is 11.3 Å². The Morgan fingerprint density at radius 2 is 1.76 bits per heavy atom. The summed E-state index contributed by atoms with van der Waals surface area (Å²) < 4.78 is 10.2. The molecule has 25 heavy (non-hydrogen) atoms. The van der Waals surface area contributed by atoms with Crippen molar-refractivity contribution in [2.45, 2.75) is 13.8 Å². The van der Waals surface area contributed by atoms with E-state index in [1.807, 2.05) is 26.0 Å². The molecule has 0 amide bonds. The molecule has 2 aromatic carbocycles. The quantitative estimate of drug-likeness (QED) is 0.432. The number of hydrazone groups is 1. The van der Waals surface area contributed by atoms with E-state index in [1.165, 1.54) is 19.8 Å². The number of benzene rings is 2. The Balaban J connectivity index is 2.04. The molecular weight excluding hydrogens is 338 g/mol. The van der Waals surface area contributed by atoms with Crippen LogP contribution in [0.2, 0.25) is 0 Å². The molecule has 2 aromatic rings. The van der Waals surface area contributed by atoms with Gasteiger partial charge < -0.3 is 19.9 Å². The van der Waals surface area contributed by atoms with Crippen LogP contribution in [0.4, 0.5) is 5.69 Å². The summed E-state index contributed by atoms with van der Waals surface area (Å²) in [4.78, 5) is 0. The molecule has 132 valence electrons. The normalized spacial score (nSPS) is 10.6. The SMILES string of the molecule is COc1cc(/C=N/NC(=S)Nc2ccc(C)cc2C)cc(OC)c1O. The summed E-state index contributed by atoms with van der Waals surface area (Å²) in [5.41, 5.74) is 6.66. The molecule has 7 heteroatoms. The van der Waals surface area contributed by atoms with Crippen LogP contribution in [0.3, 0.4) is 0 Å². The Labute approximate surface area is 152 Å². The Morgan fingerprint density at radius 3 is 2.32 bits per heavy atom. The third-order valence-electron chi connectivity index (χ3n) is 3.51. The molecule has 3 N–H and O–H groups in total. The number of hydrogen-bond acceptors (Lipinski definition) is 5. The number of phenolic OH excluding ortho intramolecular Hbond substituents is 1. The van der Waals surface area contributed by atoms with Gasteiger partial charge in [0.2, 0.25) is 5.75 Å². The topological polar surface area (TPSA) is 75.1 Å². The molecule has 0 bridgehead atoms. The van der Waals surface area contributed by atoms with Gasteiger partial charge in [0.05, 0.1) is 20.4 Å². The van der Waals surface area contributed by atoms with Gasteiger partial charge in [-0.1, -0.05) is 17.7 Å². The summed E-state index contributed by atoms with van der Waals surface area (Å²) in [7, 11) is 2.94. The number of nitrogens with one attached hydrogen (secondary N) is 2. The predicted octanol–water partition coefficient (Wildman–Crippen LogP) is 3.35. The zero-order chi connectivity index (χ0) is 18.4. The van der Waals surface area contributed by atoms with Crippen molar-refractivity contribution >= 4 is 29.2 Å². The lowest BCUT2D eigenvalue weighted by atomic mass is 10.1. The number of methoxy groups -OCH3 is 2. The van der Waals surface area contributed by atoms with Crippen LogP contribution in [-0.4, -0.2) is 30.7 Å².